The molecule has 2 amide bonds. The van der Waals surface area contributed by atoms with Crippen LogP contribution in [0, 0.1) is 0 Å². The second-order valence-electron chi connectivity index (χ2n) is 5.83. The Balaban J connectivity index is 2.14. The van der Waals surface area contributed by atoms with Crippen molar-refractivity contribution >= 4 is 34.8 Å². The Hall–Kier alpha value is -2.74. The molecule has 0 heterocycles. The fourth-order valence-corrected chi connectivity index (χ4v) is 2.47. The summed E-state index contributed by atoms with van der Waals surface area (Å²) in [6.07, 6.45) is -4.59. The number of carbonyl (C=O) groups is 2. The van der Waals surface area contributed by atoms with E-state index in [2.05, 4.69) is 10.6 Å². The van der Waals surface area contributed by atoms with Crippen molar-refractivity contribution in [1.82, 2.24) is 4.90 Å². The highest BCUT2D eigenvalue weighted by atomic mass is 35.5. The third kappa shape index (κ3) is 5.37. The van der Waals surface area contributed by atoms with E-state index in [9.17, 15) is 22.8 Å². The van der Waals surface area contributed by atoms with Gasteiger partial charge < -0.3 is 15.5 Å². The van der Waals surface area contributed by atoms with Gasteiger partial charge in [-0.2, -0.15) is 13.2 Å². The number of alkyl halides is 3. The molecule has 0 aliphatic rings. The highest BCUT2D eigenvalue weighted by Gasteiger charge is 2.33. The van der Waals surface area contributed by atoms with Crippen molar-refractivity contribution in [3.05, 3.63) is 58.6 Å². The summed E-state index contributed by atoms with van der Waals surface area (Å²) in [5, 5.41) is 5.31. The van der Waals surface area contributed by atoms with Crippen molar-refractivity contribution < 1.29 is 22.8 Å². The number of halogens is 4. The van der Waals surface area contributed by atoms with E-state index in [1.54, 1.807) is 14.1 Å². The quantitative estimate of drug-likeness (QED) is 0.795. The molecule has 0 radical (unpaired) electrons. The third-order valence-electron chi connectivity index (χ3n) is 3.56. The van der Waals surface area contributed by atoms with E-state index in [1.165, 1.54) is 41.3 Å². The van der Waals surface area contributed by atoms with Crippen molar-refractivity contribution in [2.75, 3.05) is 31.3 Å². The first-order valence-electron chi connectivity index (χ1n) is 7.80. The second kappa shape index (κ2) is 8.30. The first kappa shape index (κ1) is 20.6. The van der Waals surface area contributed by atoms with Gasteiger partial charge in [-0.05, 0) is 30.3 Å². The standard InChI is InChI=1S/C18H17ClF3N3O2/c1-25(2)17(27)12-8-7-11(19)9-15(12)23-10-16(26)24-14-6-4-3-5-13(14)18(20,21)22/h3-9,23H,10H2,1-2H3,(H,24,26). The molecule has 0 spiro atoms. The lowest BCUT2D eigenvalue weighted by Crippen LogP contribution is -2.26. The molecule has 2 aromatic carbocycles. The fraction of sp³-hybridized carbons (Fsp3) is 0.222. The number of anilines is 2. The molecule has 9 heteroatoms. The first-order valence-corrected chi connectivity index (χ1v) is 8.18. The highest BCUT2D eigenvalue weighted by Crippen LogP contribution is 2.34. The number of amides is 2. The van der Waals surface area contributed by atoms with Crippen molar-refractivity contribution in [3.63, 3.8) is 0 Å². The van der Waals surface area contributed by atoms with E-state index >= 15 is 0 Å². The normalized spacial score (nSPS) is 11.0. The van der Waals surface area contributed by atoms with Gasteiger partial charge in [-0.15, -0.1) is 0 Å². The second-order valence-corrected chi connectivity index (χ2v) is 6.27. The lowest BCUT2D eigenvalue weighted by atomic mass is 10.1. The monoisotopic (exact) mass is 399 g/mol. The lowest BCUT2D eigenvalue weighted by Gasteiger charge is -2.16. The van der Waals surface area contributed by atoms with E-state index in [0.29, 0.717) is 10.7 Å². The van der Waals surface area contributed by atoms with E-state index in [4.69, 9.17) is 11.6 Å². The van der Waals surface area contributed by atoms with Crippen LogP contribution < -0.4 is 10.6 Å². The molecule has 0 saturated heterocycles. The Morgan fingerprint density at radius 2 is 1.74 bits per heavy atom. The minimum absolute atomic E-state index is 0.285. The molecule has 5 nitrogen and oxygen atoms in total. The summed E-state index contributed by atoms with van der Waals surface area (Å²) >= 11 is 5.93. The molecule has 0 fully saturated rings. The van der Waals surface area contributed by atoms with Crippen LogP contribution in [0.1, 0.15) is 15.9 Å². The zero-order chi connectivity index (χ0) is 20.2. The number of nitrogens with one attached hydrogen (secondary N) is 2. The van der Waals surface area contributed by atoms with Gasteiger partial charge in [0.15, 0.2) is 0 Å². The maximum atomic E-state index is 13.0. The largest absolute Gasteiger partial charge is 0.418 e. The molecule has 0 saturated carbocycles. The number of hydrogen-bond donors (Lipinski definition) is 2. The number of rotatable bonds is 5. The van der Waals surface area contributed by atoms with Crippen LogP contribution in [0.25, 0.3) is 0 Å². The molecule has 27 heavy (non-hydrogen) atoms. The minimum Gasteiger partial charge on any atom is -0.375 e. The summed E-state index contributed by atoms with van der Waals surface area (Å²) in [5.74, 6) is -1.01. The maximum Gasteiger partial charge on any atom is 0.418 e. The first-order chi connectivity index (χ1) is 12.6. The highest BCUT2D eigenvalue weighted by molar-refractivity contribution is 6.31. The Bertz CT molecular complexity index is 854. The SMILES string of the molecule is CN(C)C(=O)c1ccc(Cl)cc1NCC(=O)Nc1ccccc1C(F)(F)F. The summed E-state index contributed by atoms with van der Waals surface area (Å²) in [5.41, 5.74) is -0.689. The van der Waals surface area contributed by atoms with Gasteiger partial charge in [-0.25, -0.2) is 0 Å². The topological polar surface area (TPSA) is 61.4 Å². The molecule has 0 bridgehead atoms. The van der Waals surface area contributed by atoms with Gasteiger partial charge in [0.1, 0.15) is 0 Å². The van der Waals surface area contributed by atoms with E-state index in [-0.39, 0.29) is 23.7 Å². The van der Waals surface area contributed by atoms with Gasteiger partial charge in [-0.3, -0.25) is 9.59 Å². The Kier molecular flexibility index (Phi) is 6.32. The maximum absolute atomic E-state index is 13.0. The van der Waals surface area contributed by atoms with E-state index < -0.39 is 17.6 Å². The molecule has 2 rings (SSSR count). The lowest BCUT2D eigenvalue weighted by molar-refractivity contribution is -0.137. The van der Waals surface area contributed by atoms with E-state index in [0.717, 1.165) is 6.07 Å². The van der Waals surface area contributed by atoms with Gasteiger partial charge in [0.05, 0.1) is 23.4 Å². The number of nitrogens with zero attached hydrogens (tertiary/aromatic N) is 1. The van der Waals surface area contributed by atoms with Crippen LogP contribution in [0.5, 0.6) is 0 Å². The molecule has 2 N–H and O–H groups in total. The Labute approximate surface area is 159 Å². The van der Waals surface area contributed by atoms with Crippen molar-refractivity contribution in [3.8, 4) is 0 Å². The molecule has 0 aromatic heterocycles. The average molecular weight is 400 g/mol. The third-order valence-corrected chi connectivity index (χ3v) is 3.80. The smallest absolute Gasteiger partial charge is 0.375 e. The van der Waals surface area contributed by atoms with Crippen molar-refractivity contribution in [2.24, 2.45) is 0 Å². The van der Waals surface area contributed by atoms with Crippen LogP contribution in [-0.4, -0.2) is 37.4 Å². The predicted octanol–water partition coefficient (Wildman–Crippen LogP) is 4.11. The number of benzene rings is 2. The summed E-state index contributed by atoms with van der Waals surface area (Å²) in [4.78, 5) is 25.6. The van der Waals surface area contributed by atoms with Gasteiger partial charge in [0.25, 0.3) is 5.91 Å². The molecule has 0 atom stereocenters. The summed E-state index contributed by atoms with van der Waals surface area (Å²) in [6, 6.07) is 9.18. The molecule has 2 aromatic rings. The molecule has 0 aliphatic carbocycles. The van der Waals surface area contributed by atoms with Crippen molar-refractivity contribution in [1.29, 1.82) is 0 Å². The Morgan fingerprint density at radius 3 is 2.37 bits per heavy atom. The number of para-hydroxylation sites is 1. The van der Waals surface area contributed by atoms with Crippen LogP contribution >= 0.6 is 11.6 Å². The minimum atomic E-state index is -4.59. The number of carbonyl (C=O) groups excluding carboxylic acids is 2. The van der Waals surface area contributed by atoms with Crippen molar-refractivity contribution in [2.45, 2.75) is 6.18 Å². The molecule has 0 unspecified atom stereocenters. The zero-order valence-electron chi connectivity index (χ0n) is 14.5. The van der Waals surface area contributed by atoms with Gasteiger partial charge >= 0.3 is 6.18 Å². The van der Waals surface area contributed by atoms with Crippen LogP contribution in [0.3, 0.4) is 0 Å². The average Bonchev–Trinajstić information content (AvgIpc) is 2.59. The molecular formula is C18H17ClF3N3O2. The summed E-state index contributed by atoms with van der Waals surface area (Å²) in [6.45, 7) is -0.347. The van der Waals surface area contributed by atoms with Gasteiger partial charge in [0.2, 0.25) is 5.91 Å². The molecule has 144 valence electrons. The zero-order valence-corrected chi connectivity index (χ0v) is 15.3. The van der Waals surface area contributed by atoms with E-state index in [1.807, 2.05) is 0 Å². The molecule has 0 aliphatic heterocycles. The van der Waals surface area contributed by atoms with Crippen LogP contribution in [0.4, 0.5) is 24.5 Å². The van der Waals surface area contributed by atoms with Crippen LogP contribution in [-0.2, 0) is 11.0 Å². The Morgan fingerprint density at radius 1 is 1.07 bits per heavy atom. The summed E-state index contributed by atoms with van der Waals surface area (Å²) in [7, 11) is 3.14. The molecular weight excluding hydrogens is 383 g/mol. The van der Waals surface area contributed by atoms with Crippen LogP contribution in [0.2, 0.25) is 5.02 Å². The number of hydrogen-bond acceptors (Lipinski definition) is 3. The fourth-order valence-electron chi connectivity index (χ4n) is 2.30. The van der Waals surface area contributed by atoms with Gasteiger partial charge in [-0.1, -0.05) is 23.7 Å². The predicted molar refractivity (Wildman–Crippen MR) is 98.0 cm³/mol. The van der Waals surface area contributed by atoms with Crippen LogP contribution in [0.15, 0.2) is 42.5 Å². The van der Waals surface area contributed by atoms with Gasteiger partial charge in [0, 0.05) is 24.8 Å². The summed E-state index contributed by atoms with van der Waals surface area (Å²) < 4.78 is 39.0.